The molecule has 1 heteroatoms. The average molecular weight is 231 g/mol. The van der Waals surface area contributed by atoms with Crippen LogP contribution >= 0.6 is 0 Å². The van der Waals surface area contributed by atoms with Crippen molar-refractivity contribution in [1.82, 2.24) is 0 Å². The third-order valence-electron chi connectivity index (χ3n) is 3.93. The van der Waals surface area contributed by atoms with Crippen LogP contribution in [0.5, 0.6) is 0 Å². The van der Waals surface area contributed by atoms with Crippen molar-refractivity contribution >= 4 is 0 Å². The summed E-state index contributed by atoms with van der Waals surface area (Å²) in [5.74, 6) is 0.698. The lowest BCUT2D eigenvalue weighted by Crippen LogP contribution is -2.20. The van der Waals surface area contributed by atoms with E-state index in [-0.39, 0.29) is 0 Å². The molecule has 1 aliphatic carbocycles. The summed E-state index contributed by atoms with van der Waals surface area (Å²) in [7, 11) is 0. The summed E-state index contributed by atoms with van der Waals surface area (Å²) >= 11 is 0. The van der Waals surface area contributed by atoms with Crippen LogP contribution in [0.2, 0.25) is 0 Å². The molecule has 1 fully saturated rings. The molecule has 0 bridgehead atoms. The van der Waals surface area contributed by atoms with Gasteiger partial charge in [0.2, 0.25) is 0 Å². The van der Waals surface area contributed by atoms with Crippen molar-refractivity contribution < 1.29 is 0 Å². The molecule has 0 radical (unpaired) electrons. The van der Waals surface area contributed by atoms with Crippen LogP contribution in [0.1, 0.15) is 62.5 Å². The Bertz CT molecular complexity index is 345. The summed E-state index contributed by atoms with van der Waals surface area (Å²) in [4.78, 5) is 0. The second-order valence-electron chi connectivity index (χ2n) is 5.47. The number of hydrogen-bond donors (Lipinski definition) is 1. The van der Waals surface area contributed by atoms with Crippen molar-refractivity contribution in [1.29, 1.82) is 0 Å². The van der Waals surface area contributed by atoms with Gasteiger partial charge in [0.05, 0.1) is 0 Å². The van der Waals surface area contributed by atoms with Gasteiger partial charge in [-0.05, 0) is 42.7 Å². The zero-order chi connectivity index (χ0) is 12.1. The van der Waals surface area contributed by atoms with Crippen LogP contribution in [0, 0.1) is 0 Å². The molecule has 0 spiro atoms. The minimum absolute atomic E-state index is 0.414. The second kappa shape index (κ2) is 6.20. The summed E-state index contributed by atoms with van der Waals surface area (Å²) in [5, 5.41) is 0. The highest BCUT2D eigenvalue weighted by atomic mass is 14.6. The fraction of sp³-hybridized carbons (Fsp3) is 0.625. The number of hydrogen-bond acceptors (Lipinski definition) is 1. The predicted molar refractivity (Wildman–Crippen MR) is 74.2 cm³/mol. The quantitative estimate of drug-likeness (QED) is 0.781. The molecule has 94 valence electrons. The lowest BCUT2D eigenvalue weighted by atomic mass is 9.89. The molecule has 0 aliphatic heterocycles. The Morgan fingerprint density at radius 3 is 2.88 bits per heavy atom. The molecular formula is C16H25N. The number of nitrogens with two attached hydrogens (primary N) is 1. The van der Waals surface area contributed by atoms with Crippen LogP contribution in [0.3, 0.4) is 0 Å². The fourth-order valence-electron chi connectivity index (χ4n) is 2.99. The molecule has 2 N–H and O–H groups in total. The molecule has 0 amide bonds. The SMILES string of the molecule is CCCc1cccc(C2CCCCC(N)C2)c1. The Kier molecular flexibility index (Phi) is 4.61. The van der Waals surface area contributed by atoms with E-state index in [1.807, 2.05) is 0 Å². The van der Waals surface area contributed by atoms with Gasteiger partial charge >= 0.3 is 0 Å². The first-order valence-electron chi connectivity index (χ1n) is 7.14. The molecule has 1 saturated carbocycles. The van der Waals surface area contributed by atoms with Crippen LogP contribution < -0.4 is 5.73 Å². The van der Waals surface area contributed by atoms with E-state index in [1.54, 1.807) is 0 Å². The molecule has 0 heterocycles. The molecule has 1 aliphatic rings. The summed E-state index contributed by atoms with van der Waals surface area (Å²) in [6, 6.07) is 9.59. The highest BCUT2D eigenvalue weighted by Gasteiger charge is 2.19. The van der Waals surface area contributed by atoms with E-state index in [2.05, 4.69) is 31.2 Å². The van der Waals surface area contributed by atoms with E-state index in [9.17, 15) is 0 Å². The highest BCUT2D eigenvalue weighted by Crippen LogP contribution is 2.31. The van der Waals surface area contributed by atoms with E-state index in [4.69, 9.17) is 5.73 Å². The van der Waals surface area contributed by atoms with Crippen molar-refractivity contribution in [3.63, 3.8) is 0 Å². The first kappa shape index (κ1) is 12.6. The van der Waals surface area contributed by atoms with Gasteiger partial charge in [0, 0.05) is 6.04 Å². The summed E-state index contributed by atoms with van der Waals surface area (Å²) < 4.78 is 0. The second-order valence-corrected chi connectivity index (χ2v) is 5.47. The Labute approximate surface area is 105 Å². The van der Waals surface area contributed by atoms with Gasteiger partial charge in [-0.2, -0.15) is 0 Å². The average Bonchev–Trinajstić information content (AvgIpc) is 2.55. The lowest BCUT2D eigenvalue weighted by Gasteiger charge is -2.18. The molecule has 2 rings (SSSR count). The molecule has 17 heavy (non-hydrogen) atoms. The molecule has 1 nitrogen and oxygen atoms in total. The maximum atomic E-state index is 6.16. The van der Waals surface area contributed by atoms with Crippen molar-refractivity contribution in [2.75, 3.05) is 0 Å². The van der Waals surface area contributed by atoms with E-state index in [1.165, 1.54) is 56.1 Å². The number of rotatable bonds is 3. The van der Waals surface area contributed by atoms with Gasteiger partial charge < -0.3 is 5.73 Å². The van der Waals surface area contributed by atoms with Crippen LogP contribution in [0.4, 0.5) is 0 Å². The van der Waals surface area contributed by atoms with Gasteiger partial charge in [0.25, 0.3) is 0 Å². The van der Waals surface area contributed by atoms with Crippen LogP contribution in [-0.4, -0.2) is 6.04 Å². The van der Waals surface area contributed by atoms with E-state index in [0.717, 1.165) is 0 Å². The first-order valence-corrected chi connectivity index (χ1v) is 7.14. The van der Waals surface area contributed by atoms with Gasteiger partial charge in [-0.1, -0.05) is 50.5 Å². The third kappa shape index (κ3) is 3.57. The molecule has 2 atom stereocenters. The maximum Gasteiger partial charge on any atom is 0.00446 e. The molecule has 2 unspecified atom stereocenters. The van der Waals surface area contributed by atoms with Gasteiger partial charge in [-0.15, -0.1) is 0 Å². The zero-order valence-electron chi connectivity index (χ0n) is 11.0. The number of benzene rings is 1. The van der Waals surface area contributed by atoms with E-state index in [0.29, 0.717) is 12.0 Å². The van der Waals surface area contributed by atoms with Crippen molar-refractivity contribution in [2.45, 2.75) is 63.8 Å². The topological polar surface area (TPSA) is 26.0 Å². The summed E-state index contributed by atoms with van der Waals surface area (Å²) in [5.41, 5.74) is 9.17. The zero-order valence-corrected chi connectivity index (χ0v) is 11.0. The van der Waals surface area contributed by atoms with Crippen molar-refractivity contribution in [3.05, 3.63) is 35.4 Å². The molecule has 0 saturated heterocycles. The molecule has 1 aromatic carbocycles. The van der Waals surface area contributed by atoms with Crippen LogP contribution in [0.25, 0.3) is 0 Å². The monoisotopic (exact) mass is 231 g/mol. The normalized spacial score (nSPS) is 25.5. The van der Waals surface area contributed by atoms with E-state index < -0.39 is 0 Å². The lowest BCUT2D eigenvalue weighted by molar-refractivity contribution is 0.535. The summed E-state index contributed by atoms with van der Waals surface area (Å²) in [6.45, 7) is 2.24. The Morgan fingerprint density at radius 2 is 2.06 bits per heavy atom. The van der Waals surface area contributed by atoms with Crippen molar-refractivity contribution in [3.8, 4) is 0 Å². The minimum Gasteiger partial charge on any atom is -0.328 e. The largest absolute Gasteiger partial charge is 0.328 e. The Hall–Kier alpha value is -0.820. The highest BCUT2D eigenvalue weighted by molar-refractivity contribution is 5.27. The Morgan fingerprint density at radius 1 is 1.24 bits per heavy atom. The standard InChI is InChI=1S/C16H25N/c1-2-6-13-7-5-9-14(11-13)15-8-3-4-10-16(17)12-15/h5,7,9,11,15-16H,2-4,6,8,10,12,17H2,1H3. The fourth-order valence-corrected chi connectivity index (χ4v) is 2.99. The molecular weight excluding hydrogens is 206 g/mol. The van der Waals surface area contributed by atoms with Gasteiger partial charge in [0.1, 0.15) is 0 Å². The third-order valence-corrected chi connectivity index (χ3v) is 3.93. The van der Waals surface area contributed by atoms with Crippen LogP contribution in [-0.2, 0) is 6.42 Å². The smallest absolute Gasteiger partial charge is 0.00446 e. The minimum atomic E-state index is 0.414. The predicted octanol–water partition coefficient (Wildman–Crippen LogP) is 4.01. The van der Waals surface area contributed by atoms with Crippen molar-refractivity contribution in [2.24, 2.45) is 5.73 Å². The Balaban J connectivity index is 2.11. The van der Waals surface area contributed by atoms with E-state index >= 15 is 0 Å². The van der Waals surface area contributed by atoms with Crippen LogP contribution in [0.15, 0.2) is 24.3 Å². The maximum absolute atomic E-state index is 6.16. The van der Waals surface area contributed by atoms with Gasteiger partial charge in [-0.25, -0.2) is 0 Å². The first-order chi connectivity index (χ1) is 8.29. The van der Waals surface area contributed by atoms with Gasteiger partial charge in [-0.3, -0.25) is 0 Å². The number of aryl methyl sites for hydroxylation is 1. The summed E-state index contributed by atoms with van der Waals surface area (Å²) in [6.07, 6.45) is 8.80. The molecule has 1 aromatic rings. The van der Waals surface area contributed by atoms with Gasteiger partial charge in [0.15, 0.2) is 0 Å². The molecule has 0 aromatic heterocycles.